The molecule has 0 aliphatic carbocycles. The van der Waals surface area contributed by atoms with Crippen molar-refractivity contribution >= 4 is 0 Å². The number of ether oxygens (including phenoxy) is 1. The van der Waals surface area contributed by atoms with Crippen LogP contribution in [0.3, 0.4) is 0 Å². The molecule has 136 valence electrons. The summed E-state index contributed by atoms with van der Waals surface area (Å²) < 4.78 is 34.0. The first-order valence-electron chi connectivity index (χ1n) is 8.11. The van der Waals surface area contributed by atoms with Gasteiger partial charge < -0.3 is 9.26 Å². The van der Waals surface area contributed by atoms with Gasteiger partial charge in [-0.15, -0.1) is 0 Å². The molecule has 0 bridgehead atoms. The first kappa shape index (κ1) is 18.0. The minimum Gasteiger partial charge on any atom is -0.435 e. The van der Waals surface area contributed by atoms with Crippen LogP contribution in [0, 0.1) is 6.92 Å². The number of aryl methyl sites for hydroxylation is 1. The molecule has 0 spiro atoms. The number of hydrogen-bond acceptors (Lipinski definition) is 5. The molecule has 1 heterocycles. The van der Waals surface area contributed by atoms with Gasteiger partial charge in [-0.05, 0) is 31.7 Å². The molecule has 0 N–H and O–H groups in total. The maximum Gasteiger partial charge on any atom is 0.387 e. The molecule has 2 aromatic carbocycles. The Balaban J connectivity index is 1.58. The molecule has 3 rings (SSSR count). The minimum absolute atomic E-state index is 0.144. The second kappa shape index (κ2) is 8.05. The first-order valence-corrected chi connectivity index (χ1v) is 8.11. The molecule has 0 aliphatic rings. The number of rotatable bonds is 7. The minimum atomic E-state index is -2.82. The van der Waals surface area contributed by atoms with Crippen molar-refractivity contribution in [3.05, 3.63) is 65.5 Å². The van der Waals surface area contributed by atoms with Crippen LogP contribution in [0.15, 0.2) is 53.1 Å². The predicted molar refractivity (Wildman–Crippen MR) is 92.7 cm³/mol. The van der Waals surface area contributed by atoms with Gasteiger partial charge in [0, 0.05) is 12.1 Å². The monoisotopic (exact) mass is 359 g/mol. The van der Waals surface area contributed by atoms with Gasteiger partial charge in [0.1, 0.15) is 5.75 Å². The summed E-state index contributed by atoms with van der Waals surface area (Å²) in [7, 11) is 1.92. The van der Waals surface area contributed by atoms with Gasteiger partial charge in [-0.1, -0.05) is 47.1 Å². The Labute approximate surface area is 150 Å². The van der Waals surface area contributed by atoms with Crippen molar-refractivity contribution in [1.29, 1.82) is 0 Å². The third kappa shape index (κ3) is 4.86. The van der Waals surface area contributed by atoms with E-state index in [1.165, 1.54) is 17.7 Å². The zero-order valence-electron chi connectivity index (χ0n) is 14.5. The molecule has 0 amide bonds. The molecule has 26 heavy (non-hydrogen) atoms. The van der Waals surface area contributed by atoms with Crippen molar-refractivity contribution in [2.45, 2.75) is 26.6 Å². The zero-order chi connectivity index (χ0) is 18.5. The topological polar surface area (TPSA) is 51.4 Å². The van der Waals surface area contributed by atoms with E-state index in [0.717, 1.165) is 11.1 Å². The summed E-state index contributed by atoms with van der Waals surface area (Å²) in [6, 6.07) is 14.5. The Kier molecular flexibility index (Phi) is 5.58. The fraction of sp³-hybridized carbons (Fsp3) is 0.263. The normalized spacial score (nSPS) is 11.3. The Morgan fingerprint density at radius 1 is 1.04 bits per heavy atom. The van der Waals surface area contributed by atoms with Crippen LogP contribution in [-0.4, -0.2) is 28.7 Å². The number of halogens is 2. The summed E-state index contributed by atoms with van der Waals surface area (Å²) in [6.45, 7) is 0.293. The predicted octanol–water partition coefficient (Wildman–Crippen LogP) is 4.28. The molecular formula is C19H19F2N3O2. The van der Waals surface area contributed by atoms with E-state index in [1.54, 1.807) is 12.1 Å². The fourth-order valence-electron chi connectivity index (χ4n) is 2.51. The summed E-state index contributed by atoms with van der Waals surface area (Å²) in [5.74, 6) is 1.22. The molecule has 3 aromatic rings. The van der Waals surface area contributed by atoms with Gasteiger partial charge in [-0.2, -0.15) is 13.8 Å². The van der Waals surface area contributed by atoms with Crippen LogP contribution in [0.25, 0.3) is 11.4 Å². The van der Waals surface area contributed by atoms with E-state index in [0.29, 0.717) is 24.8 Å². The van der Waals surface area contributed by atoms with Crippen LogP contribution in [-0.2, 0) is 13.1 Å². The van der Waals surface area contributed by atoms with E-state index in [2.05, 4.69) is 14.9 Å². The maximum absolute atomic E-state index is 12.2. The van der Waals surface area contributed by atoms with E-state index in [-0.39, 0.29) is 5.75 Å². The molecule has 0 aliphatic heterocycles. The number of alkyl halides is 2. The van der Waals surface area contributed by atoms with Crippen molar-refractivity contribution < 1.29 is 18.0 Å². The quantitative estimate of drug-likeness (QED) is 0.630. The van der Waals surface area contributed by atoms with E-state index < -0.39 is 6.61 Å². The summed E-state index contributed by atoms with van der Waals surface area (Å²) in [5.41, 5.74) is 3.04. The van der Waals surface area contributed by atoms with Gasteiger partial charge in [-0.25, -0.2) is 0 Å². The van der Waals surface area contributed by atoms with Crippen LogP contribution in [0.5, 0.6) is 5.75 Å². The van der Waals surface area contributed by atoms with Gasteiger partial charge in [0.25, 0.3) is 0 Å². The van der Waals surface area contributed by atoms with Crippen molar-refractivity contribution in [2.24, 2.45) is 0 Å². The molecular weight excluding hydrogens is 340 g/mol. The van der Waals surface area contributed by atoms with Crippen molar-refractivity contribution in [3.8, 4) is 17.1 Å². The number of aromatic nitrogens is 2. The second-order valence-electron chi connectivity index (χ2n) is 6.07. The second-order valence-corrected chi connectivity index (χ2v) is 6.07. The first-order chi connectivity index (χ1) is 12.5. The fourth-order valence-corrected chi connectivity index (χ4v) is 2.51. The van der Waals surface area contributed by atoms with E-state index >= 15 is 0 Å². The number of benzene rings is 2. The van der Waals surface area contributed by atoms with Crippen LogP contribution < -0.4 is 4.74 Å². The number of hydrogen-bond donors (Lipinski definition) is 0. The standard InChI is InChI=1S/C19H19F2N3O2/c1-13-3-7-15(8-4-13)18-22-17(26-23-18)12-24(2)11-14-5-9-16(10-6-14)25-19(20)21/h3-10,19H,11-12H2,1-2H3. The third-order valence-electron chi connectivity index (χ3n) is 3.78. The molecule has 0 saturated carbocycles. The highest BCUT2D eigenvalue weighted by atomic mass is 19.3. The number of nitrogens with zero attached hydrogens (tertiary/aromatic N) is 3. The van der Waals surface area contributed by atoms with Crippen molar-refractivity contribution in [1.82, 2.24) is 15.0 Å². The highest BCUT2D eigenvalue weighted by Gasteiger charge is 2.11. The van der Waals surface area contributed by atoms with Crippen LogP contribution in [0.2, 0.25) is 0 Å². The molecule has 1 aromatic heterocycles. The van der Waals surface area contributed by atoms with Gasteiger partial charge in [-0.3, -0.25) is 4.90 Å². The highest BCUT2D eigenvalue weighted by Crippen LogP contribution is 2.18. The van der Waals surface area contributed by atoms with Crippen molar-refractivity contribution in [3.63, 3.8) is 0 Å². The van der Waals surface area contributed by atoms with E-state index in [1.807, 2.05) is 43.1 Å². The largest absolute Gasteiger partial charge is 0.435 e. The maximum atomic E-state index is 12.2. The molecule has 5 nitrogen and oxygen atoms in total. The lowest BCUT2D eigenvalue weighted by molar-refractivity contribution is -0.0498. The smallest absolute Gasteiger partial charge is 0.387 e. The summed E-state index contributed by atoms with van der Waals surface area (Å²) >= 11 is 0. The average molecular weight is 359 g/mol. The Bertz CT molecular complexity index is 833. The summed E-state index contributed by atoms with van der Waals surface area (Å²) in [6.07, 6.45) is 0. The lowest BCUT2D eigenvalue weighted by Gasteiger charge is -2.14. The Hall–Kier alpha value is -2.80. The highest BCUT2D eigenvalue weighted by molar-refractivity contribution is 5.54. The van der Waals surface area contributed by atoms with Crippen molar-refractivity contribution in [2.75, 3.05) is 7.05 Å². The molecule has 7 heteroatoms. The molecule has 0 atom stereocenters. The summed E-state index contributed by atoms with van der Waals surface area (Å²) in [5, 5.41) is 4.02. The van der Waals surface area contributed by atoms with E-state index in [4.69, 9.17) is 4.52 Å². The van der Waals surface area contributed by atoms with Crippen LogP contribution >= 0.6 is 0 Å². The van der Waals surface area contributed by atoms with Gasteiger partial charge in [0.15, 0.2) is 0 Å². The van der Waals surface area contributed by atoms with E-state index in [9.17, 15) is 8.78 Å². The average Bonchev–Trinajstić information content (AvgIpc) is 3.05. The SMILES string of the molecule is Cc1ccc(-c2noc(CN(C)Cc3ccc(OC(F)F)cc3)n2)cc1. The zero-order valence-corrected chi connectivity index (χ0v) is 14.5. The van der Waals surface area contributed by atoms with Crippen LogP contribution in [0.4, 0.5) is 8.78 Å². The molecule has 0 saturated heterocycles. The summed E-state index contributed by atoms with van der Waals surface area (Å²) in [4.78, 5) is 6.41. The Morgan fingerprint density at radius 2 is 1.73 bits per heavy atom. The lowest BCUT2D eigenvalue weighted by atomic mass is 10.1. The molecule has 0 unspecified atom stereocenters. The molecule has 0 fully saturated rings. The van der Waals surface area contributed by atoms with Gasteiger partial charge >= 0.3 is 6.61 Å². The lowest BCUT2D eigenvalue weighted by Crippen LogP contribution is -2.17. The van der Waals surface area contributed by atoms with Crippen LogP contribution in [0.1, 0.15) is 17.0 Å². The molecule has 0 radical (unpaired) electrons. The third-order valence-corrected chi connectivity index (χ3v) is 3.78. The van der Waals surface area contributed by atoms with Gasteiger partial charge in [0.05, 0.1) is 6.54 Å². The Morgan fingerprint density at radius 3 is 2.38 bits per heavy atom. The van der Waals surface area contributed by atoms with Gasteiger partial charge in [0.2, 0.25) is 11.7 Å².